The molecule has 5 nitrogen and oxygen atoms in total. The second-order valence-electron chi connectivity index (χ2n) is 4.76. The monoisotopic (exact) mass is 342 g/mol. The molecule has 0 fully saturated rings. The molecule has 0 unspecified atom stereocenters. The molecule has 0 bridgehead atoms. The number of nitrogens with one attached hydrogen (secondary N) is 1. The number of aromatic amines is 1. The Hall–Kier alpha value is -2.39. The van der Waals surface area contributed by atoms with Crippen LogP contribution in [-0.2, 0) is 0 Å². The number of nitrogens with zero attached hydrogens (tertiary/aromatic N) is 3. The van der Waals surface area contributed by atoms with Crippen molar-refractivity contribution in [3.05, 3.63) is 45.7 Å². The number of hydrogen-bond donors (Lipinski definition) is 1. The zero-order valence-corrected chi connectivity index (χ0v) is 13.0. The van der Waals surface area contributed by atoms with Gasteiger partial charge in [0.1, 0.15) is 11.8 Å². The third-order valence-electron chi connectivity index (χ3n) is 3.17. The number of H-pyrrole nitrogens is 1. The Kier molecular flexibility index (Phi) is 3.35. The summed E-state index contributed by atoms with van der Waals surface area (Å²) in [6.07, 6.45) is 1.67. The SMILES string of the molecule is Cc1cc(-c2noc(-c3c[nH]c(C#N)c3)n2)cc(C)c1Br. The lowest BCUT2D eigenvalue weighted by Gasteiger charge is -2.04. The summed E-state index contributed by atoms with van der Waals surface area (Å²) in [5.41, 5.74) is 4.30. The van der Waals surface area contributed by atoms with Crippen LogP contribution in [0.3, 0.4) is 0 Å². The molecule has 0 aliphatic rings. The fourth-order valence-electron chi connectivity index (χ4n) is 2.12. The Labute approximate surface area is 129 Å². The van der Waals surface area contributed by atoms with Gasteiger partial charge in [0.25, 0.3) is 5.89 Å². The van der Waals surface area contributed by atoms with Gasteiger partial charge in [0.2, 0.25) is 5.82 Å². The molecular formula is C15H11BrN4O. The highest BCUT2D eigenvalue weighted by Gasteiger charge is 2.13. The second-order valence-corrected chi connectivity index (χ2v) is 5.55. The molecule has 0 aliphatic heterocycles. The second kappa shape index (κ2) is 5.19. The molecular weight excluding hydrogens is 332 g/mol. The summed E-state index contributed by atoms with van der Waals surface area (Å²) in [6.45, 7) is 4.04. The van der Waals surface area contributed by atoms with Crippen LogP contribution in [-0.4, -0.2) is 15.1 Å². The fraction of sp³-hybridized carbons (Fsp3) is 0.133. The van der Waals surface area contributed by atoms with Crippen LogP contribution in [0, 0.1) is 25.2 Å². The van der Waals surface area contributed by atoms with E-state index in [-0.39, 0.29) is 0 Å². The molecule has 2 heterocycles. The first-order chi connectivity index (χ1) is 10.1. The Bertz CT molecular complexity index is 834. The number of hydrogen-bond acceptors (Lipinski definition) is 4. The zero-order valence-electron chi connectivity index (χ0n) is 11.4. The Morgan fingerprint density at radius 3 is 2.52 bits per heavy atom. The summed E-state index contributed by atoms with van der Waals surface area (Å²) in [5, 5.41) is 12.8. The highest BCUT2D eigenvalue weighted by Crippen LogP contribution is 2.28. The van der Waals surface area contributed by atoms with Gasteiger partial charge in [-0.25, -0.2) is 0 Å². The fourth-order valence-corrected chi connectivity index (χ4v) is 2.34. The molecule has 0 aliphatic carbocycles. The van der Waals surface area contributed by atoms with E-state index in [0.29, 0.717) is 23.0 Å². The van der Waals surface area contributed by atoms with Gasteiger partial charge >= 0.3 is 0 Å². The molecule has 1 N–H and O–H groups in total. The van der Waals surface area contributed by atoms with Crippen molar-refractivity contribution >= 4 is 15.9 Å². The Balaban J connectivity index is 2.00. The summed E-state index contributed by atoms with van der Waals surface area (Å²) in [6, 6.07) is 7.71. The van der Waals surface area contributed by atoms with Crippen molar-refractivity contribution in [2.24, 2.45) is 0 Å². The van der Waals surface area contributed by atoms with E-state index in [1.807, 2.05) is 32.0 Å². The molecule has 1 aromatic carbocycles. The van der Waals surface area contributed by atoms with Crippen LogP contribution in [0.15, 0.2) is 33.4 Å². The number of aromatic nitrogens is 3. The first kappa shape index (κ1) is 13.6. The van der Waals surface area contributed by atoms with Gasteiger partial charge in [-0.05, 0) is 43.2 Å². The van der Waals surface area contributed by atoms with E-state index in [0.717, 1.165) is 21.2 Å². The molecule has 3 rings (SSSR count). The Morgan fingerprint density at radius 2 is 1.90 bits per heavy atom. The van der Waals surface area contributed by atoms with Gasteiger partial charge < -0.3 is 9.51 Å². The molecule has 0 radical (unpaired) electrons. The lowest BCUT2D eigenvalue weighted by atomic mass is 10.1. The zero-order chi connectivity index (χ0) is 15.0. The quantitative estimate of drug-likeness (QED) is 0.763. The first-order valence-electron chi connectivity index (χ1n) is 6.28. The molecule has 2 aromatic heterocycles. The van der Waals surface area contributed by atoms with Crippen LogP contribution in [0.25, 0.3) is 22.8 Å². The van der Waals surface area contributed by atoms with E-state index in [1.54, 1.807) is 12.3 Å². The number of halogens is 1. The predicted molar refractivity (Wildman–Crippen MR) is 81.4 cm³/mol. The summed E-state index contributed by atoms with van der Waals surface area (Å²) < 4.78 is 6.35. The van der Waals surface area contributed by atoms with Crippen molar-refractivity contribution in [1.82, 2.24) is 15.1 Å². The van der Waals surface area contributed by atoms with Crippen LogP contribution in [0.1, 0.15) is 16.8 Å². The molecule has 6 heteroatoms. The van der Waals surface area contributed by atoms with Gasteiger partial charge in [0.15, 0.2) is 0 Å². The molecule has 0 saturated carbocycles. The maximum Gasteiger partial charge on any atom is 0.259 e. The number of benzene rings is 1. The molecule has 0 spiro atoms. The summed E-state index contributed by atoms with van der Waals surface area (Å²) >= 11 is 3.54. The van der Waals surface area contributed by atoms with Crippen molar-refractivity contribution < 1.29 is 4.52 Å². The van der Waals surface area contributed by atoms with Crippen molar-refractivity contribution in [2.45, 2.75) is 13.8 Å². The highest BCUT2D eigenvalue weighted by atomic mass is 79.9. The van der Waals surface area contributed by atoms with E-state index < -0.39 is 0 Å². The number of nitriles is 1. The van der Waals surface area contributed by atoms with Gasteiger partial charge in [0, 0.05) is 16.2 Å². The van der Waals surface area contributed by atoms with Crippen LogP contribution in [0.2, 0.25) is 0 Å². The van der Waals surface area contributed by atoms with Crippen molar-refractivity contribution in [3.8, 4) is 28.9 Å². The van der Waals surface area contributed by atoms with Crippen LogP contribution in [0.4, 0.5) is 0 Å². The van der Waals surface area contributed by atoms with Gasteiger partial charge in [-0.3, -0.25) is 0 Å². The number of aryl methyl sites for hydroxylation is 2. The number of rotatable bonds is 2. The van der Waals surface area contributed by atoms with Crippen molar-refractivity contribution in [3.63, 3.8) is 0 Å². The van der Waals surface area contributed by atoms with E-state index in [9.17, 15) is 0 Å². The predicted octanol–water partition coefficient (Wildman–Crippen LogP) is 3.98. The average Bonchev–Trinajstić information content (AvgIpc) is 3.12. The summed E-state index contributed by atoms with van der Waals surface area (Å²) in [4.78, 5) is 7.22. The minimum atomic E-state index is 0.390. The third-order valence-corrected chi connectivity index (χ3v) is 4.42. The molecule has 3 aromatic rings. The van der Waals surface area contributed by atoms with Gasteiger partial charge in [0.05, 0.1) is 5.56 Å². The lowest BCUT2D eigenvalue weighted by Crippen LogP contribution is -1.87. The maximum atomic E-state index is 8.82. The van der Waals surface area contributed by atoms with Crippen LogP contribution < -0.4 is 0 Å². The maximum absolute atomic E-state index is 8.82. The largest absolute Gasteiger partial charge is 0.352 e. The van der Waals surface area contributed by atoms with E-state index in [2.05, 4.69) is 31.1 Å². The van der Waals surface area contributed by atoms with Crippen molar-refractivity contribution in [2.75, 3.05) is 0 Å². The van der Waals surface area contributed by atoms with Crippen molar-refractivity contribution in [1.29, 1.82) is 5.26 Å². The van der Waals surface area contributed by atoms with E-state index in [1.165, 1.54) is 0 Å². The standard InChI is InChI=1S/C15H11BrN4O/c1-8-3-10(4-9(2)13(8)16)14-19-15(21-20-14)11-5-12(6-17)18-7-11/h3-5,7,18H,1-2H3. The minimum Gasteiger partial charge on any atom is -0.352 e. The molecule has 0 amide bonds. The molecule has 0 saturated heterocycles. The van der Waals surface area contributed by atoms with Gasteiger partial charge in [-0.2, -0.15) is 10.2 Å². The Morgan fingerprint density at radius 1 is 1.19 bits per heavy atom. The first-order valence-corrected chi connectivity index (χ1v) is 7.07. The third kappa shape index (κ3) is 2.48. The summed E-state index contributed by atoms with van der Waals surface area (Å²) in [7, 11) is 0. The average molecular weight is 343 g/mol. The summed E-state index contributed by atoms with van der Waals surface area (Å²) in [5.74, 6) is 0.921. The van der Waals surface area contributed by atoms with E-state index >= 15 is 0 Å². The van der Waals surface area contributed by atoms with Crippen LogP contribution in [0.5, 0.6) is 0 Å². The van der Waals surface area contributed by atoms with Gasteiger partial charge in [-0.1, -0.05) is 21.1 Å². The topological polar surface area (TPSA) is 78.5 Å². The van der Waals surface area contributed by atoms with Crippen LogP contribution >= 0.6 is 15.9 Å². The highest BCUT2D eigenvalue weighted by molar-refractivity contribution is 9.10. The lowest BCUT2D eigenvalue weighted by molar-refractivity contribution is 0.432. The minimum absolute atomic E-state index is 0.390. The van der Waals surface area contributed by atoms with E-state index in [4.69, 9.17) is 9.78 Å². The molecule has 21 heavy (non-hydrogen) atoms. The molecule has 0 atom stereocenters. The molecule has 104 valence electrons. The normalized spacial score (nSPS) is 10.6. The smallest absolute Gasteiger partial charge is 0.259 e. The van der Waals surface area contributed by atoms with Gasteiger partial charge in [-0.15, -0.1) is 0 Å².